The molecule has 4 aromatic heterocycles. The van der Waals surface area contributed by atoms with Crippen LogP contribution in [0.15, 0.2) is 61.2 Å². The second kappa shape index (κ2) is 10.8. The zero-order valence-corrected chi connectivity index (χ0v) is 24.2. The van der Waals surface area contributed by atoms with Gasteiger partial charge in [-0.05, 0) is 74.9 Å². The smallest absolute Gasteiger partial charge is 0.419 e. The van der Waals surface area contributed by atoms with Crippen molar-refractivity contribution in [3.63, 3.8) is 0 Å². The summed E-state index contributed by atoms with van der Waals surface area (Å²) in [7, 11) is 0. The van der Waals surface area contributed by atoms with Gasteiger partial charge in [0.15, 0.2) is 0 Å². The SMILES string of the molecule is CC(C)(C)OC(=O)n1cc(Cl)c2cc(CC(=O)Nc3cc(NCc4cn5cc(C6CC6)ccc5n4)ccn3)c(F)cc21. The van der Waals surface area contributed by atoms with Crippen LogP contribution in [0.1, 0.15) is 56.4 Å². The predicted molar refractivity (Wildman–Crippen MR) is 160 cm³/mol. The number of rotatable bonds is 7. The second-order valence-corrected chi connectivity index (χ2v) is 11.9. The molecular weight excluding hydrogens is 559 g/mol. The number of hydrogen-bond donors (Lipinski definition) is 2. The van der Waals surface area contributed by atoms with Crippen LogP contribution in [0.25, 0.3) is 16.6 Å². The highest BCUT2D eigenvalue weighted by molar-refractivity contribution is 6.36. The monoisotopic (exact) mass is 588 g/mol. The molecule has 4 heterocycles. The van der Waals surface area contributed by atoms with Gasteiger partial charge in [0.05, 0.1) is 29.2 Å². The quantitative estimate of drug-likeness (QED) is 0.214. The molecule has 0 radical (unpaired) electrons. The Hall–Kier alpha value is -4.44. The Kier molecular flexibility index (Phi) is 7.10. The van der Waals surface area contributed by atoms with E-state index in [1.165, 1.54) is 36.7 Å². The Bertz CT molecular complexity index is 1840. The molecule has 1 aliphatic rings. The lowest BCUT2D eigenvalue weighted by Gasteiger charge is -2.19. The van der Waals surface area contributed by atoms with E-state index in [1.54, 1.807) is 39.1 Å². The first-order chi connectivity index (χ1) is 20.0. The molecule has 1 aliphatic carbocycles. The number of ether oxygens (including phenoxy) is 1. The van der Waals surface area contributed by atoms with E-state index >= 15 is 4.39 Å². The summed E-state index contributed by atoms with van der Waals surface area (Å²) in [6, 6.07) is 10.3. The fourth-order valence-corrected chi connectivity index (χ4v) is 5.06. The van der Waals surface area contributed by atoms with Gasteiger partial charge in [-0.2, -0.15) is 0 Å². The minimum absolute atomic E-state index is 0.134. The number of hydrogen-bond acceptors (Lipinski definition) is 6. The maximum atomic E-state index is 15.1. The molecule has 216 valence electrons. The van der Waals surface area contributed by atoms with E-state index in [2.05, 4.69) is 37.3 Å². The van der Waals surface area contributed by atoms with Gasteiger partial charge in [-0.15, -0.1) is 0 Å². The first-order valence-corrected chi connectivity index (χ1v) is 14.1. The van der Waals surface area contributed by atoms with Crippen molar-refractivity contribution in [2.75, 3.05) is 10.6 Å². The van der Waals surface area contributed by atoms with Crippen molar-refractivity contribution in [1.82, 2.24) is 18.9 Å². The molecule has 0 saturated heterocycles. The number of nitrogens with zero attached hydrogens (tertiary/aromatic N) is 4. The van der Waals surface area contributed by atoms with Crippen molar-refractivity contribution >= 4 is 51.7 Å². The lowest BCUT2D eigenvalue weighted by Crippen LogP contribution is -2.26. The summed E-state index contributed by atoms with van der Waals surface area (Å²) >= 11 is 6.35. The molecule has 5 aromatic rings. The third-order valence-electron chi connectivity index (χ3n) is 6.94. The van der Waals surface area contributed by atoms with Gasteiger partial charge in [-0.1, -0.05) is 17.7 Å². The molecule has 42 heavy (non-hydrogen) atoms. The molecule has 0 bridgehead atoms. The van der Waals surface area contributed by atoms with Gasteiger partial charge in [0.25, 0.3) is 0 Å². The van der Waals surface area contributed by atoms with Crippen LogP contribution in [0.4, 0.5) is 20.7 Å². The molecule has 0 aliphatic heterocycles. The number of carbonyl (C=O) groups is 2. The van der Waals surface area contributed by atoms with Gasteiger partial charge in [0.1, 0.15) is 22.9 Å². The summed E-state index contributed by atoms with van der Waals surface area (Å²) in [4.78, 5) is 34.3. The number of amides is 1. The van der Waals surface area contributed by atoms with Crippen LogP contribution in [-0.2, 0) is 22.5 Å². The highest BCUT2D eigenvalue weighted by Gasteiger charge is 2.24. The van der Waals surface area contributed by atoms with Crippen LogP contribution < -0.4 is 10.6 Å². The summed E-state index contributed by atoms with van der Waals surface area (Å²) < 4.78 is 23.7. The van der Waals surface area contributed by atoms with Crippen molar-refractivity contribution < 1.29 is 18.7 Å². The average Bonchev–Trinajstić information content (AvgIpc) is 3.62. The lowest BCUT2D eigenvalue weighted by atomic mass is 10.1. The third kappa shape index (κ3) is 6.08. The van der Waals surface area contributed by atoms with E-state index < -0.39 is 23.4 Å². The molecule has 9 nitrogen and oxygen atoms in total. The van der Waals surface area contributed by atoms with Gasteiger partial charge >= 0.3 is 6.09 Å². The minimum Gasteiger partial charge on any atom is -0.443 e. The molecule has 2 N–H and O–H groups in total. The van der Waals surface area contributed by atoms with Gasteiger partial charge < -0.3 is 19.8 Å². The molecular formula is C31H30ClFN6O3. The van der Waals surface area contributed by atoms with Crippen LogP contribution in [0.3, 0.4) is 0 Å². The van der Waals surface area contributed by atoms with E-state index in [4.69, 9.17) is 16.3 Å². The first kappa shape index (κ1) is 27.7. The fourth-order valence-electron chi connectivity index (χ4n) is 4.81. The van der Waals surface area contributed by atoms with E-state index in [0.717, 1.165) is 21.6 Å². The van der Waals surface area contributed by atoms with Gasteiger partial charge in [0, 0.05) is 41.9 Å². The standard InChI is InChI=1S/C31H30ClFN6O3/c1-31(2,3)42-30(41)39-17-24(32)23-10-20(25(33)13-26(23)39)11-29(40)37-27-12-21(8-9-34-27)35-14-22-16-38-15-19(18-4-5-18)6-7-28(38)36-22/h6-10,12-13,15-18H,4-5,11,14H2,1-3H3,(H2,34,35,37,40). The zero-order valence-electron chi connectivity index (χ0n) is 23.4. The Morgan fingerprint density at radius 1 is 1.12 bits per heavy atom. The Morgan fingerprint density at radius 2 is 1.93 bits per heavy atom. The van der Waals surface area contributed by atoms with Crippen LogP contribution >= 0.6 is 11.6 Å². The van der Waals surface area contributed by atoms with Crippen molar-refractivity contribution in [1.29, 1.82) is 0 Å². The first-order valence-electron chi connectivity index (χ1n) is 13.7. The largest absolute Gasteiger partial charge is 0.443 e. The number of pyridine rings is 2. The molecule has 6 rings (SSSR count). The summed E-state index contributed by atoms with van der Waals surface area (Å²) in [5.41, 5.74) is 3.53. The zero-order chi connectivity index (χ0) is 29.6. The van der Waals surface area contributed by atoms with Crippen LogP contribution in [0, 0.1) is 5.82 Å². The molecule has 1 amide bonds. The Balaban J connectivity index is 1.11. The molecule has 1 saturated carbocycles. The Morgan fingerprint density at radius 3 is 2.69 bits per heavy atom. The highest BCUT2D eigenvalue weighted by Crippen LogP contribution is 2.40. The van der Waals surface area contributed by atoms with Gasteiger partial charge in [-0.3, -0.25) is 9.36 Å². The van der Waals surface area contributed by atoms with Gasteiger partial charge in [0.2, 0.25) is 5.91 Å². The number of nitrogens with one attached hydrogen (secondary N) is 2. The molecule has 0 atom stereocenters. The number of halogens is 2. The number of aromatic nitrogens is 4. The highest BCUT2D eigenvalue weighted by atomic mass is 35.5. The van der Waals surface area contributed by atoms with E-state index in [-0.39, 0.29) is 22.5 Å². The van der Waals surface area contributed by atoms with Crippen LogP contribution in [0.5, 0.6) is 0 Å². The van der Waals surface area contributed by atoms with E-state index in [9.17, 15) is 9.59 Å². The predicted octanol–water partition coefficient (Wildman–Crippen LogP) is 6.93. The number of anilines is 2. The van der Waals surface area contributed by atoms with Crippen LogP contribution in [0.2, 0.25) is 5.02 Å². The minimum atomic E-state index is -0.731. The lowest BCUT2D eigenvalue weighted by molar-refractivity contribution is -0.115. The van der Waals surface area contributed by atoms with Gasteiger partial charge in [-0.25, -0.2) is 19.2 Å². The summed E-state index contributed by atoms with van der Waals surface area (Å²) in [6.45, 7) is 5.70. The summed E-state index contributed by atoms with van der Waals surface area (Å²) in [6.07, 6.45) is 8.69. The Labute approximate surface area is 246 Å². The van der Waals surface area contributed by atoms with Crippen molar-refractivity contribution in [2.24, 2.45) is 0 Å². The number of benzene rings is 1. The second-order valence-electron chi connectivity index (χ2n) is 11.5. The summed E-state index contributed by atoms with van der Waals surface area (Å²) in [5, 5.41) is 6.72. The number of imidazole rings is 1. The molecule has 0 unspecified atom stereocenters. The van der Waals surface area contributed by atoms with E-state index in [0.29, 0.717) is 23.7 Å². The van der Waals surface area contributed by atoms with Crippen molar-refractivity contribution in [3.8, 4) is 0 Å². The third-order valence-corrected chi connectivity index (χ3v) is 7.24. The average molecular weight is 589 g/mol. The molecule has 11 heteroatoms. The maximum absolute atomic E-state index is 15.1. The normalized spacial score (nSPS) is 13.5. The molecule has 0 spiro atoms. The topological polar surface area (TPSA) is 103 Å². The number of fused-ring (bicyclic) bond motifs is 2. The van der Waals surface area contributed by atoms with Crippen LogP contribution in [-0.4, -0.2) is 36.5 Å². The van der Waals surface area contributed by atoms with Crippen molar-refractivity contribution in [3.05, 3.63) is 88.8 Å². The fraction of sp³-hybridized carbons (Fsp3) is 0.290. The maximum Gasteiger partial charge on any atom is 0.419 e. The number of carbonyl (C=O) groups excluding carboxylic acids is 2. The molecule has 1 fully saturated rings. The molecule has 1 aromatic carbocycles. The van der Waals surface area contributed by atoms with Crippen molar-refractivity contribution in [2.45, 2.75) is 58.1 Å². The van der Waals surface area contributed by atoms with E-state index in [1.807, 2.05) is 12.3 Å². The summed E-state index contributed by atoms with van der Waals surface area (Å²) in [5.74, 6) is -0.0958.